The molecule has 1 nitrogen and oxygen atoms in total. The van der Waals surface area contributed by atoms with Gasteiger partial charge < -0.3 is 5.32 Å². The average Bonchev–Trinajstić information content (AvgIpc) is 3.26. The molecule has 0 aliphatic heterocycles. The molecule has 3 rings (SSSR count). The molecule has 0 bridgehead atoms. The number of hydrogen-bond acceptors (Lipinski definition) is 2. The van der Waals surface area contributed by atoms with E-state index in [0.29, 0.717) is 16.1 Å². The van der Waals surface area contributed by atoms with E-state index in [1.807, 2.05) is 30.3 Å². The predicted octanol–water partition coefficient (Wildman–Crippen LogP) is 6.05. The summed E-state index contributed by atoms with van der Waals surface area (Å²) in [7, 11) is 0. The van der Waals surface area contributed by atoms with Gasteiger partial charge >= 0.3 is 0 Å². The standard InChI is InChI=1S/C16H14Cl3NS/c17-13-2-1-3-16(12(13)9-20-10-4-5-10)21-11-6-7-14(18)15(19)8-11/h1-3,6-8,10,20H,4-5,9H2. The van der Waals surface area contributed by atoms with Crippen LogP contribution < -0.4 is 5.32 Å². The Labute approximate surface area is 144 Å². The normalized spacial score (nSPS) is 14.4. The van der Waals surface area contributed by atoms with Crippen LogP contribution in [0.1, 0.15) is 18.4 Å². The Morgan fingerprint density at radius 2 is 1.81 bits per heavy atom. The summed E-state index contributed by atoms with van der Waals surface area (Å²) in [6.07, 6.45) is 2.53. The van der Waals surface area contributed by atoms with Crippen LogP contribution in [0, 0.1) is 0 Å². The third-order valence-electron chi connectivity index (χ3n) is 3.34. The molecule has 0 spiro atoms. The van der Waals surface area contributed by atoms with Crippen LogP contribution in [0.4, 0.5) is 0 Å². The summed E-state index contributed by atoms with van der Waals surface area (Å²) >= 11 is 20.0. The second-order valence-corrected chi connectivity index (χ2v) is 7.39. The highest BCUT2D eigenvalue weighted by molar-refractivity contribution is 7.99. The number of benzene rings is 2. The van der Waals surface area contributed by atoms with Crippen LogP contribution in [-0.2, 0) is 6.54 Å². The minimum Gasteiger partial charge on any atom is -0.310 e. The van der Waals surface area contributed by atoms with E-state index in [9.17, 15) is 0 Å². The highest BCUT2D eigenvalue weighted by atomic mass is 35.5. The van der Waals surface area contributed by atoms with Crippen molar-refractivity contribution < 1.29 is 0 Å². The number of halogens is 3. The van der Waals surface area contributed by atoms with Gasteiger partial charge in [0, 0.05) is 27.4 Å². The van der Waals surface area contributed by atoms with Crippen LogP contribution in [0.5, 0.6) is 0 Å². The molecule has 1 aliphatic carbocycles. The third-order valence-corrected chi connectivity index (χ3v) is 5.52. The molecule has 5 heteroatoms. The van der Waals surface area contributed by atoms with Crippen molar-refractivity contribution in [2.24, 2.45) is 0 Å². The molecule has 0 amide bonds. The Kier molecular flexibility index (Phi) is 5.03. The Bertz CT molecular complexity index is 656. The molecule has 0 radical (unpaired) electrons. The van der Waals surface area contributed by atoms with Gasteiger partial charge in [-0.2, -0.15) is 0 Å². The summed E-state index contributed by atoms with van der Waals surface area (Å²) in [5, 5.41) is 5.46. The summed E-state index contributed by atoms with van der Waals surface area (Å²) in [5.41, 5.74) is 1.14. The van der Waals surface area contributed by atoms with E-state index in [4.69, 9.17) is 34.8 Å². The molecule has 2 aromatic rings. The minimum atomic E-state index is 0.571. The SMILES string of the molecule is Clc1ccc(Sc2cccc(Cl)c2CNC2CC2)cc1Cl. The van der Waals surface area contributed by atoms with Crippen molar-refractivity contribution in [3.8, 4) is 0 Å². The van der Waals surface area contributed by atoms with Crippen molar-refractivity contribution in [3.05, 3.63) is 57.0 Å². The fourth-order valence-electron chi connectivity index (χ4n) is 2.01. The van der Waals surface area contributed by atoms with Gasteiger partial charge in [0.25, 0.3) is 0 Å². The lowest BCUT2D eigenvalue weighted by molar-refractivity contribution is 0.680. The van der Waals surface area contributed by atoms with E-state index in [0.717, 1.165) is 26.9 Å². The molecular formula is C16H14Cl3NS. The predicted molar refractivity (Wildman–Crippen MR) is 91.9 cm³/mol. The fraction of sp³-hybridized carbons (Fsp3) is 0.250. The highest BCUT2D eigenvalue weighted by Gasteiger charge is 2.21. The Morgan fingerprint density at radius 3 is 2.52 bits per heavy atom. The molecule has 110 valence electrons. The van der Waals surface area contributed by atoms with Crippen molar-refractivity contribution in [2.45, 2.75) is 35.2 Å². The third kappa shape index (κ3) is 4.08. The topological polar surface area (TPSA) is 12.0 Å². The van der Waals surface area contributed by atoms with Crippen molar-refractivity contribution in [1.82, 2.24) is 5.32 Å². The van der Waals surface area contributed by atoms with Crippen molar-refractivity contribution in [3.63, 3.8) is 0 Å². The zero-order chi connectivity index (χ0) is 14.8. The van der Waals surface area contributed by atoms with Crippen LogP contribution >= 0.6 is 46.6 Å². The first kappa shape index (κ1) is 15.5. The number of hydrogen-bond donors (Lipinski definition) is 1. The monoisotopic (exact) mass is 357 g/mol. The molecule has 1 saturated carbocycles. The van der Waals surface area contributed by atoms with Gasteiger partial charge in [-0.25, -0.2) is 0 Å². The zero-order valence-corrected chi connectivity index (χ0v) is 14.3. The lowest BCUT2D eigenvalue weighted by atomic mass is 10.2. The second kappa shape index (κ2) is 6.80. The minimum absolute atomic E-state index is 0.571. The second-order valence-electron chi connectivity index (χ2n) is 5.05. The molecule has 2 aromatic carbocycles. The molecular weight excluding hydrogens is 345 g/mol. The van der Waals surface area contributed by atoms with Gasteiger partial charge in [-0.1, -0.05) is 52.6 Å². The van der Waals surface area contributed by atoms with Gasteiger partial charge in [0.2, 0.25) is 0 Å². The van der Waals surface area contributed by atoms with Crippen LogP contribution in [0.2, 0.25) is 15.1 Å². The molecule has 0 saturated heterocycles. The maximum atomic E-state index is 6.36. The van der Waals surface area contributed by atoms with E-state index in [1.165, 1.54) is 12.8 Å². The number of nitrogens with one attached hydrogen (secondary N) is 1. The first-order chi connectivity index (χ1) is 10.1. The summed E-state index contributed by atoms with van der Waals surface area (Å²) < 4.78 is 0. The highest BCUT2D eigenvalue weighted by Crippen LogP contribution is 2.36. The summed E-state index contributed by atoms with van der Waals surface area (Å²) in [4.78, 5) is 2.20. The first-order valence-corrected chi connectivity index (χ1v) is 8.72. The van der Waals surface area contributed by atoms with Gasteiger partial charge in [0.15, 0.2) is 0 Å². The lowest BCUT2D eigenvalue weighted by Gasteiger charge is -2.12. The molecule has 1 aliphatic rings. The largest absolute Gasteiger partial charge is 0.310 e. The molecule has 1 fully saturated rings. The van der Waals surface area contributed by atoms with E-state index >= 15 is 0 Å². The van der Waals surface area contributed by atoms with E-state index < -0.39 is 0 Å². The van der Waals surface area contributed by atoms with E-state index in [-0.39, 0.29) is 0 Å². The molecule has 0 unspecified atom stereocenters. The van der Waals surface area contributed by atoms with Gasteiger partial charge in [-0.05, 0) is 48.7 Å². The van der Waals surface area contributed by atoms with Gasteiger partial charge in [0.1, 0.15) is 0 Å². The fourth-order valence-corrected chi connectivity index (χ4v) is 3.69. The first-order valence-electron chi connectivity index (χ1n) is 6.77. The summed E-state index contributed by atoms with van der Waals surface area (Å²) in [6.45, 7) is 0.800. The molecule has 1 N–H and O–H groups in total. The molecule has 21 heavy (non-hydrogen) atoms. The summed E-state index contributed by atoms with van der Waals surface area (Å²) in [5.74, 6) is 0. The smallest absolute Gasteiger partial charge is 0.0603 e. The van der Waals surface area contributed by atoms with Crippen molar-refractivity contribution in [2.75, 3.05) is 0 Å². The van der Waals surface area contributed by atoms with Crippen LogP contribution in [0.25, 0.3) is 0 Å². The van der Waals surface area contributed by atoms with Crippen LogP contribution in [0.3, 0.4) is 0 Å². The Morgan fingerprint density at radius 1 is 1.00 bits per heavy atom. The maximum Gasteiger partial charge on any atom is 0.0603 e. The zero-order valence-electron chi connectivity index (χ0n) is 11.2. The van der Waals surface area contributed by atoms with Gasteiger partial charge in [-0.15, -0.1) is 0 Å². The summed E-state index contributed by atoms with van der Waals surface area (Å²) in [6, 6.07) is 12.3. The Balaban J connectivity index is 1.82. The van der Waals surface area contributed by atoms with Crippen LogP contribution in [-0.4, -0.2) is 6.04 Å². The quantitative estimate of drug-likeness (QED) is 0.698. The van der Waals surface area contributed by atoms with Gasteiger partial charge in [-0.3, -0.25) is 0 Å². The van der Waals surface area contributed by atoms with E-state index in [2.05, 4.69) is 11.4 Å². The van der Waals surface area contributed by atoms with Crippen molar-refractivity contribution in [1.29, 1.82) is 0 Å². The molecule has 0 heterocycles. The Hall–Kier alpha value is -0.380. The number of rotatable bonds is 5. The lowest BCUT2D eigenvalue weighted by Crippen LogP contribution is -2.16. The van der Waals surface area contributed by atoms with Crippen LogP contribution in [0.15, 0.2) is 46.2 Å². The average molecular weight is 359 g/mol. The van der Waals surface area contributed by atoms with Crippen molar-refractivity contribution >= 4 is 46.6 Å². The maximum absolute atomic E-state index is 6.36. The van der Waals surface area contributed by atoms with E-state index in [1.54, 1.807) is 11.8 Å². The molecule has 0 aromatic heterocycles. The molecule has 0 atom stereocenters. The van der Waals surface area contributed by atoms with Gasteiger partial charge in [0.05, 0.1) is 10.0 Å².